The molecule has 2 heteroatoms. The molecule has 1 atom stereocenters. The lowest BCUT2D eigenvalue weighted by atomic mass is 9.87. The van der Waals surface area contributed by atoms with Gasteiger partial charge in [-0.15, -0.1) is 0 Å². The van der Waals surface area contributed by atoms with E-state index in [9.17, 15) is 4.79 Å². The molecule has 0 aliphatic rings. The maximum atomic E-state index is 12.3. The van der Waals surface area contributed by atoms with Gasteiger partial charge in [-0.2, -0.15) is 0 Å². The quantitative estimate of drug-likeness (QED) is 0.711. The molecule has 0 aliphatic carbocycles. The van der Waals surface area contributed by atoms with Gasteiger partial charge in [-0.1, -0.05) is 81.8 Å². The maximum Gasteiger partial charge on any atom is 0.244 e. The minimum Gasteiger partial charge on any atom is -0.346 e. The van der Waals surface area contributed by atoms with E-state index in [1.807, 2.05) is 6.08 Å². The number of benzene rings is 2. The Morgan fingerprint density at radius 2 is 1.64 bits per heavy atom. The SMILES string of the molecule is CC[C@H](NC(=O)/C=C/c1ccc(C(C)(C)C)cc1)c1ccc(C)cc1. The summed E-state index contributed by atoms with van der Waals surface area (Å²) in [5.74, 6) is -0.0627. The zero-order valence-electron chi connectivity index (χ0n) is 16.0. The third-order valence-electron chi connectivity index (χ3n) is 4.41. The van der Waals surface area contributed by atoms with Crippen molar-refractivity contribution in [2.45, 2.75) is 52.5 Å². The predicted octanol–water partition coefficient (Wildman–Crippen LogP) is 5.57. The van der Waals surface area contributed by atoms with Crippen molar-refractivity contribution < 1.29 is 4.79 Å². The van der Waals surface area contributed by atoms with Gasteiger partial charge in [0, 0.05) is 6.08 Å². The van der Waals surface area contributed by atoms with E-state index in [0.29, 0.717) is 0 Å². The average Bonchev–Trinajstić information content (AvgIpc) is 2.58. The van der Waals surface area contributed by atoms with Gasteiger partial charge >= 0.3 is 0 Å². The second kappa shape index (κ2) is 8.15. The third-order valence-corrected chi connectivity index (χ3v) is 4.41. The standard InChI is InChI=1S/C23H29NO/c1-6-21(19-12-7-17(2)8-13-19)24-22(25)16-11-18-9-14-20(15-10-18)23(3,4)5/h7-16,21H,6H2,1-5H3,(H,24,25)/b16-11+/t21-/m0/s1. The zero-order valence-corrected chi connectivity index (χ0v) is 16.0. The first-order valence-corrected chi connectivity index (χ1v) is 8.95. The molecule has 1 amide bonds. The minimum atomic E-state index is -0.0627. The highest BCUT2D eigenvalue weighted by molar-refractivity contribution is 5.92. The van der Waals surface area contributed by atoms with E-state index in [2.05, 4.69) is 88.5 Å². The van der Waals surface area contributed by atoms with Gasteiger partial charge in [0.1, 0.15) is 0 Å². The molecule has 1 N–H and O–H groups in total. The fraction of sp³-hybridized carbons (Fsp3) is 0.348. The van der Waals surface area contributed by atoms with Crippen LogP contribution in [0.2, 0.25) is 0 Å². The van der Waals surface area contributed by atoms with Crippen molar-refractivity contribution in [3.63, 3.8) is 0 Å². The van der Waals surface area contributed by atoms with E-state index in [1.165, 1.54) is 11.1 Å². The molecule has 0 heterocycles. The largest absolute Gasteiger partial charge is 0.346 e. The summed E-state index contributed by atoms with van der Waals surface area (Å²) >= 11 is 0. The molecule has 0 bridgehead atoms. The van der Waals surface area contributed by atoms with E-state index in [-0.39, 0.29) is 17.4 Å². The van der Waals surface area contributed by atoms with Crippen molar-refractivity contribution in [1.82, 2.24) is 5.32 Å². The van der Waals surface area contributed by atoms with Gasteiger partial charge in [-0.25, -0.2) is 0 Å². The van der Waals surface area contributed by atoms with Crippen molar-refractivity contribution >= 4 is 12.0 Å². The van der Waals surface area contributed by atoms with E-state index < -0.39 is 0 Å². The predicted molar refractivity (Wildman–Crippen MR) is 107 cm³/mol. The van der Waals surface area contributed by atoms with Crippen molar-refractivity contribution in [3.8, 4) is 0 Å². The highest BCUT2D eigenvalue weighted by atomic mass is 16.1. The number of hydrogen-bond acceptors (Lipinski definition) is 1. The second-order valence-electron chi connectivity index (χ2n) is 7.59. The lowest BCUT2D eigenvalue weighted by Crippen LogP contribution is -2.26. The summed E-state index contributed by atoms with van der Waals surface area (Å²) in [6.07, 6.45) is 4.34. The van der Waals surface area contributed by atoms with Crippen LogP contribution < -0.4 is 5.32 Å². The molecule has 0 saturated heterocycles. The van der Waals surface area contributed by atoms with Crippen molar-refractivity contribution in [2.24, 2.45) is 0 Å². The summed E-state index contributed by atoms with van der Waals surface area (Å²) < 4.78 is 0. The Labute approximate surface area is 152 Å². The zero-order chi connectivity index (χ0) is 18.4. The molecule has 0 fully saturated rings. The first-order valence-electron chi connectivity index (χ1n) is 8.95. The first kappa shape index (κ1) is 19.0. The van der Waals surface area contributed by atoms with E-state index >= 15 is 0 Å². The number of carbonyl (C=O) groups is 1. The van der Waals surface area contributed by atoms with Gasteiger partial charge < -0.3 is 5.32 Å². The Morgan fingerprint density at radius 3 is 2.16 bits per heavy atom. The Bertz CT molecular complexity index is 718. The van der Waals surface area contributed by atoms with Gasteiger partial charge in [0.15, 0.2) is 0 Å². The number of amides is 1. The Balaban J connectivity index is 2.00. The molecule has 0 spiro atoms. The van der Waals surface area contributed by atoms with Crippen LogP contribution in [0, 0.1) is 6.92 Å². The maximum absolute atomic E-state index is 12.3. The molecule has 0 aromatic heterocycles. The second-order valence-corrected chi connectivity index (χ2v) is 7.59. The van der Waals surface area contributed by atoms with Gasteiger partial charge in [0.05, 0.1) is 6.04 Å². The van der Waals surface area contributed by atoms with Gasteiger partial charge in [0.2, 0.25) is 5.91 Å². The molecule has 2 nitrogen and oxygen atoms in total. The fourth-order valence-corrected chi connectivity index (χ4v) is 2.71. The molecule has 2 rings (SSSR count). The van der Waals surface area contributed by atoms with E-state index in [0.717, 1.165) is 17.5 Å². The van der Waals surface area contributed by atoms with Crippen LogP contribution in [0.4, 0.5) is 0 Å². The first-order chi connectivity index (χ1) is 11.8. The molecule has 132 valence electrons. The summed E-state index contributed by atoms with van der Waals surface area (Å²) in [6.45, 7) is 10.7. The molecule has 25 heavy (non-hydrogen) atoms. The summed E-state index contributed by atoms with van der Waals surface area (Å²) in [6, 6.07) is 16.7. The van der Waals surface area contributed by atoms with Crippen LogP contribution in [-0.2, 0) is 10.2 Å². The monoisotopic (exact) mass is 335 g/mol. The number of carbonyl (C=O) groups excluding carboxylic acids is 1. The van der Waals surface area contributed by atoms with Crippen molar-refractivity contribution in [1.29, 1.82) is 0 Å². The topological polar surface area (TPSA) is 29.1 Å². The Kier molecular flexibility index (Phi) is 6.19. The van der Waals surface area contributed by atoms with Crippen LogP contribution in [0.25, 0.3) is 6.08 Å². The van der Waals surface area contributed by atoms with Crippen LogP contribution in [0.5, 0.6) is 0 Å². The molecular formula is C23H29NO. The summed E-state index contributed by atoms with van der Waals surface area (Å²) in [4.78, 5) is 12.3. The summed E-state index contributed by atoms with van der Waals surface area (Å²) in [7, 11) is 0. The summed E-state index contributed by atoms with van der Waals surface area (Å²) in [5, 5.41) is 3.08. The Morgan fingerprint density at radius 1 is 1.04 bits per heavy atom. The summed E-state index contributed by atoms with van der Waals surface area (Å²) in [5.41, 5.74) is 4.83. The number of nitrogens with one attached hydrogen (secondary N) is 1. The molecular weight excluding hydrogens is 306 g/mol. The van der Waals surface area contributed by atoms with Gasteiger partial charge in [-0.05, 0) is 41.5 Å². The number of aryl methyl sites for hydroxylation is 1. The van der Waals surface area contributed by atoms with E-state index in [4.69, 9.17) is 0 Å². The highest BCUT2D eigenvalue weighted by Crippen LogP contribution is 2.22. The lowest BCUT2D eigenvalue weighted by molar-refractivity contribution is -0.117. The smallest absolute Gasteiger partial charge is 0.244 e. The molecule has 0 unspecified atom stereocenters. The van der Waals surface area contributed by atoms with Gasteiger partial charge in [-0.3, -0.25) is 4.79 Å². The van der Waals surface area contributed by atoms with Crippen LogP contribution in [0.15, 0.2) is 54.6 Å². The number of rotatable bonds is 5. The normalized spacial score (nSPS) is 13.0. The number of hydrogen-bond donors (Lipinski definition) is 1. The van der Waals surface area contributed by atoms with Crippen LogP contribution in [0.1, 0.15) is 62.4 Å². The molecule has 0 saturated carbocycles. The average molecular weight is 335 g/mol. The van der Waals surface area contributed by atoms with Crippen LogP contribution in [-0.4, -0.2) is 5.91 Å². The molecule has 0 aliphatic heterocycles. The molecule has 2 aromatic carbocycles. The van der Waals surface area contributed by atoms with Crippen molar-refractivity contribution in [3.05, 3.63) is 76.9 Å². The molecule has 0 radical (unpaired) electrons. The lowest BCUT2D eigenvalue weighted by Gasteiger charge is -2.18. The fourth-order valence-electron chi connectivity index (χ4n) is 2.71. The Hall–Kier alpha value is -2.35. The van der Waals surface area contributed by atoms with Gasteiger partial charge in [0.25, 0.3) is 0 Å². The minimum absolute atomic E-state index is 0.0426. The van der Waals surface area contributed by atoms with Crippen LogP contribution in [0.3, 0.4) is 0 Å². The molecule has 2 aromatic rings. The van der Waals surface area contributed by atoms with E-state index in [1.54, 1.807) is 6.08 Å². The van der Waals surface area contributed by atoms with Crippen LogP contribution >= 0.6 is 0 Å². The van der Waals surface area contributed by atoms with Crippen molar-refractivity contribution in [2.75, 3.05) is 0 Å². The third kappa shape index (κ3) is 5.60. The highest BCUT2D eigenvalue weighted by Gasteiger charge is 2.13.